The average molecular weight is 398 g/mol. The van der Waals surface area contributed by atoms with E-state index in [-0.39, 0.29) is 11.0 Å². The number of aryl methyl sites for hydroxylation is 1. The number of para-hydroxylation sites is 1. The van der Waals surface area contributed by atoms with Gasteiger partial charge in [0.2, 0.25) is 0 Å². The highest BCUT2D eigenvalue weighted by molar-refractivity contribution is 6.06. The number of rotatable bonds is 3. The van der Waals surface area contributed by atoms with Crippen LogP contribution in [0.5, 0.6) is 11.5 Å². The first-order chi connectivity index (χ1) is 14.5. The molecule has 3 aromatic carbocycles. The molecule has 0 unspecified atom stereocenters. The highest BCUT2D eigenvalue weighted by atomic mass is 16.5. The zero-order chi connectivity index (χ0) is 20.8. The van der Waals surface area contributed by atoms with Crippen LogP contribution >= 0.6 is 0 Å². The molecule has 7 heteroatoms. The monoisotopic (exact) mass is 398 g/mol. The lowest BCUT2D eigenvalue weighted by atomic mass is 10.1. The van der Waals surface area contributed by atoms with Crippen molar-refractivity contribution >= 4 is 27.6 Å². The van der Waals surface area contributed by atoms with Crippen molar-refractivity contribution < 1.29 is 4.74 Å². The number of aromatic nitrogens is 3. The Morgan fingerprint density at radius 3 is 2.50 bits per heavy atom. The Kier molecular flexibility index (Phi) is 3.96. The highest BCUT2D eigenvalue weighted by Crippen LogP contribution is 2.30. The number of nitrogen functional groups attached to an aromatic ring is 1. The van der Waals surface area contributed by atoms with Gasteiger partial charge in [0.1, 0.15) is 22.7 Å². The number of nitrogens with two attached hydrogens (primary N) is 1. The van der Waals surface area contributed by atoms with Crippen LogP contribution in [-0.2, 0) is 0 Å². The maximum absolute atomic E-state index is 12.6. The van der Waals surface area contributed by atoms with Crippen LogP contribution in [0.2, 0.25) is 0 Å². The summed E-state index contributed by atoms with van der Waals surface area (Å²) in [4.78, 5) is 27.0. The van der Waals surface area contributed by atoms with E-state index in [1.165, 1.54) is 12.1 Å². The molecule has 7 nitrogen and oxygen atoms in total. The predicted molar refractivity (Wildman–Crippen MR) is 118 cm³/mol. The number of anilines is 1. The van der Waals surface area contributed by atoms with Crippen LogP contribution in [-0.4, -0.2) is 14.8 Å². The van der Waals surface area contributed by atoms with Crippen LogP contribution in [0.25, 0.3) is 27.5 Å². The van der Waals surface area contributed by atoms with Crippen LogP contribution in [0.1, 0.15) is 5.56 Å². The van der Waals surface area contributed by atoms with Gasteiger partial charge in [-0.05, 0) is 55.0 Å². The summed E-state index contributed by atoms with van der Waals surface area (Å²) in [7, 11) is 0. The molecular formula is C23H18N4O3. The fourth-order valence-corrected chi connectivity index (χ4v) is 3.68. The van der Waals surface area contributed by atoms with Crippen molar-refractivity contribution in [3.05, 3.63) is 92.9 Å². The lowest BCUT2D eigenvalue weighted by Gasteiger charge is -2.12. The number of benzene rings is 3. The average Bonchev–Trinajstić information content (AvgIpc) is 3.06. The van der Waals surface area contributed by atoms with Crippen molar-refractivity contribution in [3.63, 3.8) is 0 Å². The molecule has 5 rings (SSSR count). The number of H-pyrrole nitrogens is 2. The zero-order valence-corrected chi connectivity index (χ0v) is 16.1. The number of aromatic amines is 2. The fourth-order valence-electron chi connectivity index (χ4n) is 3.68. The molecule has 0 bridgehead atoms. The molecule has 148 valence electrons. The molecular weight excluding hydrogens is 380 g/mol. The van der Waals surface area contributed by atoms with Gasteiger partial charge in [0, 0.05) is 11.5 Å². The quantitative estimate of drug-likeness (QED) is 0.429. The van der Waals surface area contributed by atoms with E-state index in [2.05, 4.69) is 10.1 Å². The largest absolute Gasteiger partial charge is 0.457 e. The van der Waals surface area contributed by atoms with Gasteiger partial charge in [-0.25, -0.2) is 4.68 Å². The number of hydrogen-bond acceptors (Lipinski definition) is 4. The van der Waals surface area contributed by atoms with Crippen molar-refractivity contribution in [2.24, 2.45) is 0 Å². The molecule has 2 aromatic heterocycles. The number of fused-ring (bicyclic) bond motifs is 3. The fraction of sp³-hybridized carbons (Fsp3) is 0.0435. The second-order valence-electron chi connectivity index (χ2n) is 7.11. The zero-order valence-electron chi connectivity index (χ0n) is 16.1. The molecule has 4 N–H and O–H groups in total. The van der Waals surface area contributed by atoms with Gasteiger partial charge < -0.3 is 15.5 Å². The van der Waals surface area contributed by atoms with Gasteiger partial charge in [0.05, 0.1) is 16.7 Å². The van der Waals surface area contributed by atoms with Gasteiger partial charge in [-0.3, -0.25) is 14.7 Å². The second-order valence-corrected chi connectivity index (χ2v) is 7.11. The van der Waals surface area contributed by atoms with Crippen LogP contribution < -0.4 is 21.5 Å². The third-order valence-corrected chi connectivity index (χ3v) is 5.09. The Morgan fingerprint density at radius 2 is 1.73 bits per heavy atom. The standard InChI is InChI=1S/C23H18N4O3/c1-13-11-16(30-15-5-3-2-4-6-15)8-10-19(13)27-22(24)20-21(26-27)17-9-7-14(28)12-18(17)25-23(20)29/h2-12,26H,24H2,1H3,(H,25,29). The van der Waals surface area contributed by atoms with Crippen LogP contribution in [0, 0.1) is 6.92 Å². The normalized spacial score (nSPS) is 11.2. The number of pyridine rings is 1. The molecule has 0 aliphatic rings. The smallest absolute Gasteiger partial charge is 0.261 e. The topological polar surface area (TPSA) is 106 Å². The Hall–Kier alpha value is -4.26. The van der Waals surface area contributed by atoms with E-state index in [1.54, 1.807) is 10.7 Å². The molecule has 0 saturated heterocycles. The van der Waals surface area contributed by atoms with Crippen LogP contribution in [0.3, 0.4) is 0 Å². The SMILES string of the molecule is Cc1cc(Oc2ccccc2)ccc1-n1[nH]c2c(c1N)c(=O)[nH]c1cc(=O)ccc12. The first-order valence-corrected chi connectivity index (χ1v) is 9.41. The Balaban J connectivity index is 1.65. The van der Waals surface area contributed by atoms with E-state index in [1.807, 2.05) is 55.5 Å². The van der Waals surface area contributed by atoms with Crippen molar-refractivity contribution in [1.29, 1.82) is 0 Å². The number of hydrogen-bond donors (Lipinski definition) is 3. The van der Waals surface area contributed by atoms with Gasteiger partial charge in [-0.1, -0.05) is 18.2 Å². The Bertz CT molecular complexity index is 1530. The highest BCUT2D eigenvalue weighted by Gasteiger charge is 2.16. The summed E-state index contributed by atoms with van der Waals surface area (Å²) in [6.07, 6.45) is 0. The van der Waals surface area contributed by atoms with Crippen LogP contribution in [0.15, 0.2) is 76.3 Å². The molecule has 0 aliphatic heterocycles. The van der Waals surface area contributed by atoms with E-state index in [0.717, 1.165) is 22.4 Å². The first kappa shape index (κ1) is 17.8. The summed E-state index contributed by atoms with van der Waals surface area (Å²) in [6.45, 7) is 1.94. The van der Waals surface area contributed by atoms with Gasteiger partial charge in [-0.15, -0.1) is 0 Å². The van der Waals surface area contributed by atoms with Gasteiger partial charge in [0.15, 0.2) is 5.43 Å². The van der Waals surface area contributed by atoms with Crippen LogP contribution in [0.4, 0.5) is 5.82 Å². The predicted octanol–water partition coefficient (Wildman–Crippen LogP) is 3.84. The summed E-state index contributed by atoms with van der Waals surface area (Å²) in [5.74, 6) is 1.74. The van der Waals surface area contributed by atoms with Crippen molar-refractivity contribution in [3.8, 4) is 17.2 Å². The van der Waals surface area contributed by atoms with E-state index in [4.69, 9.17) is 10.5 Å². The Morgan fingerprint density at radius 1 is 0.933 bits per heavy atom. The molecule has 0 fully saturated rings. The van der Waals surface area contributed by atoms with E-state index < -0.39 is 0 Å². The van der Waals surface area contributed by atoms with Gasteiger partial charge in [-0.2, -0.15) is 0 Å². The molecule has 0 amide bonds. The molecule has 2 heterocycles. The summed E-state index contributed by atoms with van der Waals surface area (Å²) in [6, 6.07) is 19.7. The van der Waals surface area contributed by atoms with Gasteiger partial charge >= 0.3 is 0 Å². The van der Waals surface area contributed by atoms with Crippen molar-refractivity contribution in [1.82, 2.24) is 14.8 Å². The lowest BCUT2D eigenvalue weighted by Crippen LogP contribution is -2.09. The minimum absolute atomic E-state index is 0.172. The van der Waals surface area contributed by atoms with E-state index >= 15 is 0 Å². The summed E-state index contributed by atoms with van der Waals surface area (Å²) in [5.41, 5.74) is 8.57. The summed E-state index contributed by atoms with van der Waals surface area (Å²) >= 11 is 0. The minimum atomic E-state index is -0.350. The van der Waals surface area contributed by atoms with Crippen molar-refractivity contribution in [2.45, 2.75) is 6.92 Å². The van der Waals surface area contributed by atoms with Gasteiger partial charge in [0.25, 0.3) is 5.56 Å². The second kappa shape index (κ2) is 6.66. The molecule has 0 spiro atoms. The molecule has 30 heavy (non-hydrogen) atoms. The summed E-state index contributed by atoms with van der Waals surface area (Å²) < 4.78 is 7.56. The maximum atomic E-state index is 12.6. The number of nitrogens with zero attached hydrogens (tertiary/aromatic N) is 1. The third kappa shape index (κ3) is 2.84. The number of nitrogens with one attached hydrogen (secondary N) is 2. The van der Waals surface area contributed by atoms with E-state index in [0.29, 0.717) is 28.0 Å². The molecule has 0 radical (unpaired) electrons. The first-order valence-electron chi connectivity index (χ1n) is 9.41. The third-order valence-electron chi connectivity index (χ3n) is 5.09. The minimum Gasteiger partial charge on any atom is -0.457 e. The lowest BCUT2D eigenvalue weighted by molar-refractivity contribution is 0.482. The molecule has 0 aliphatic carbocycles. The number of ether oxygens (including phenoxy) is 1. The summed E-state index contributed by atoms with van der Waals surface area (Å²) in [5, 5.41) is 4.29. The molecule has 5 aromatic rings. The maximum Gasteiger partial charge on any atom is 0.261 e. The molecule has 0 atom stereocenters. The van der Waals surface area contributed by atoms with E-state index in [9.17, 15) is 9.59 Å². The van der Waals surface area contributed by atoms with Crippen molar-refractivity contribution in [2.75, 3.05) is 5.73 Å². The Labute approximate surface area is 170 Å². The molecule has 0 saturated carbocycles.